The predicted molar refractivity (Wildman–Crippen MR) is 81.8 cm³/mol. The number of anilines is 1. The number of nitriles is 1. The summed E-state index contributed by atoms with van der Waals surface area (Å²) in [6.07, 6.45) is 6.53. The van der Waals surface area contributed by atoms with Crippen molar-refractivity contribution >= 4 is 34.1 Å². The third-order valence-electron chi connectivity index (χ3n) is 2.76. The van der Waals surface area contributed by atoms with Crippen LogP contribution in [-0.4, -0.2) is 24.0 Å². The molecule has 0 atom stereocenters. The van der Waals surface area contributed by atoms with Crippen molar-refractivity contribution in [2.45, 2.75) is 0 Å². The number of terminal acetylenes is 1. The van der Waals surface area contributed by atoms with Gasteiger partial charge in [-0.2, -0.15) is 5.26 Å². The third-order valence-corrected chi connectivity index (χ3v) is 3.00. The van der Waals surface area contributed by atoms with E-state index in [-0.39, 0.29) is 19.0 Å². The number of aromatic nitrogens is 1. The molecule has 0 aliphatic rings. The van der Waals surface area contributed by atoms with E-state index in [4.69, 9.17) is 23.3 Å². The van der Waals surface area contributed by atoms with Gasteiger partial charge in [0.25, 0.3) is 0 Å². The number of amides is 1. The molecule has 21 heavy (non-hydrogen) atoms. The molecule has 1 heterocycles. The van der Waals surface area contributed by atoms with E-state index in [0.717, 1.165) is 0 Å². The Bertz CT molecular complexity index is 774. The standard InChI is InChI=1S/C15H11ClN4O/c1-2-5-18-14(21)9-20-15-10(7-17)8-19-13-4-3-11(16)6-12(13)15/h1,3-4,6,8H,5,9H2,(H,18,21)(H,19,20). The molecule has 2 N–H and O–H groups in total. The minimum atomic E-state index is -0.260. The average Bonchev–Trinajstić information content (AvgIpc) is 2.50. The van der Waals surface area contributed by atoms with Crippen molar-refractivity contribution in [3.63, 3.8) is 0 Å². The van der Waals surface area contributed by atoms with E-state index in [2.05, 4.69) is 21.5 Å². The van der Waals surface area contributed by atoms with Gasteiger partial charge in [0.2, 0.25) is 5.91 Å². The number of halogens is 1. The molecule has 1 aromatic heterocycles. The molecule has 1 amide bonds. The summed E-state index contributed by atoms with van der Waals surface area (Å²) < 4.78 is 0. The largest absolute Gasteiger partial charge is 0.374 e. The quantitative estimate of drug-likeness (QED) is 0.845. The van der Waals surface area contributed by atoms with Crippen LogP contribution in [0.15, 0.2) is 24.4 Å². The number of carbonyl (C=O) groups excluding carboxylic acids is 1. The second-order valence-electron chi connectivity index (χ2n) is 4.15. The normalized spacial score (nSPS) is 9.67. The molecule has 5 nitrogen and oxygen atoms in total. The molecule has 2 aromatic rings. The van der Waals surface area contributed by atoms with Crippen LogP contribution in [-0.2, 0) is 4.79 Å². The summed E-state index contributed by atoms with van der Waals surface area (Å²) >= 11 is 5.98. The molecule has 0 unspecified atom stereocenters. The fraction of sp³-hybridized carbons (Fsp3) is 0.133. The van der Waals surface area contributed by atoms with Crippen LogP contribution in [0.5, 0.6) is 0 Å². The summed E-state index contributed by atoms with van der Waals surface area (Å²) in [4.78, 5) is 15.8. The Hall–Kier alpha value is -2.76. The van der Waals surface area contributed by atoms with Crippen molar-refractivity contribution in [1.29, 1.82) is 5.26 Å². The number of nitrogens with zero attached hydrogens (tertiary/aromatic N) is 2. The van der Waals surface area contributed by atoms with Gasteiger partial charge in [0, 0.05) is 16.6 Å². The molecule has 0 bridgehead atoms. The molecule has 0 radical (unpaired) electrons. The molecule has 2 rings (SSSR count). The lowest BCUT2D eigenvalue weighted by Gasteiger charge is -2.11. The lowest BCUT2D eigenvalue weighted by atomic mass is 10.1. The molecule has 0 aliphatic heterocycles. The SMILES string of the molecule is C#CCNC(=O)CNc1c(C#N)cnc2ccc(Cl)cc12. The van der Waals surface area contributed by atoms with Gasteiger partial charge in [0.05, 0.1) is 29.9 Å². The van der Waals surface area contributed by atoms with E-state index in [0.29, 0.717) is 27.2 Å². The smallest absolute Gasteiger partial charge is 0.240 e. The summed E-state index contributed by atoms with van der Waals surface area (Å²) in [7, 11) is 0. The molecule has 0 aliphatic carbocycles. The monoisotopic (exact) mass is 298 g/mol. The summed E-state index contributed by atoms with van der Waals surface area (Å²) in [6, 6.07) is 7.21. The minimum Gasteiger partial charge on any atom is -0.374 e. The molecular weight excluding hydrogens is 288 g/mol. The van der Waals surface area contributed by atoms with Crippen LogP contribution < -0.4 is 10.6 Å². The first-order chi connectivity index (χ1) is 10.2. The number of hydrogen-bond acceptors (Lipinski definition) is 4. The first-order valence-corrected chi connectivity index (χ1v) is 6.46. The van der Waals surface area contributed by atoms with E-state index in [1.807, 2.05) is 6.07 Å². The summed E-state index contributed by atoms with van der Waals surface area (Å²) in [5.41, 5.74) is 1.56. The van der Waals surface area contributed by atoms with Crippen LogP contribution in [0.4, 0.5) is 5.69 Å². The van der Waals surface area contributed by atoms with E-state index >= 15 is 0 Å². The van der Waals surface area contributed by atoms with Crippen molar-refractivity contribution in [3.05, 3.63) is 35.0 Å². The summed E-state index contributed by atoms with van der Waals surface area (Å²) in [5, 5.41) is 15.9. The Labute approximate surface area is 126 Å². The van der Waals surface area contributed by atoms with Gasteiger partial charge < -0.3 is 10.6 Å². The Kier molecular flexibility index (Phi) is 4.61. The number of nitrogens with one attached hydrogen (secondary N) is 2. The average molecular weight is 299 g/mol. The van der Waals surface area contributed by atoms with Crippen molar-refractivity contribution in [1.82, 2.24) is 10.3 Å². The molecule has 0 fully saturated rings. The second-order valence-corrected chi connectivity index (χ2v) is 4.59. The second kappa shape index (κ2) is 6.60. The van der Waals surface area contributed by atoms with Crippen molar-refractivity contribution in [2.24, 2.45) is 0 Å². The Morgan fingerprint density at radius 1 is 1.48 bits per heavy atom. The zero-order valence-corrected chi connectivity index (χ0v) is 11.7. The Balaban J connectivity index is 2.33. The van der Waals surface area contributed by atoms with Crippen LogP contribution >= 0.6 is 11.6 Å². The van der Waals surface area contributed by atoms with Crippen molar-refractivity contribution < 1.29 is 4.79 Å². The third kappa shape index (κ3) is 3.42. The van der Waals surface area contributed by atoms with Crippen LogP contribution in [0.3, 0.4) is 0 Å². The van der Waals surface area contributed by atoms with Gasteiger partial charge in [-0.15, -0.1) is 6.42 Å². The highest BCUT2D eigenvalue weighted by molar-refractivity contribution is 6.31. The predicted octanol–water partition coefficient (Wildman–Crippen LogP) is 1.92. The first-order valence-electron chi connectivity index (χ1n) is 6.08. The van der Waals surface area contributed by atoms with Gasteiger partial charge >= 0.3 is 0 Å². The van der Waals surface area contributed by atoms with Gasteiger partial charge in [-0.3, -0.25) is 9.78 Å². The van der Waals surface area contributed by atoms with Crippen molar-refractivity contribution in [3.8, 4) is 18.4 Å². The topological polar surface area (TPSA) is 77.8 Å². The molecule has 1 aromatic carbocycles. The maximum absolute atomic E-state index is 11.6. The maximum atomic E-state index is 11.6. The number of pyridine rings is 1. The number of carbonyl (C=O) groups is 1. The van der Waals surface area contributed by atoms with Crippen LogP contribution in [0.1, 0.15) is 5.56 Å². The molecule has 0 saturated carbocycles. The minimum absolute atomic E-state index is 0.00197. The van der Waals surface area contributed by atoms with Gasteiger partial charge in [0.1, 0.15) is 6.07 Å². The lowest BCUT2D eigenvalue weighted by molar-refractivity contribution is -0.119. The summed E-state index contributed by atoms with van der Waals surface area (Å²) in [5.74, 6) is 2.06. The zero-order chi connectivity index (χ0) is 15.2. The van der Waals surface area contributed by atoms with Gasteiger partial charge in [0.15, 0.2) is 0 Å². The zero-order valence-electron chi connectivity index (χ0n) is 11.0. The van der Waals surface area contributed by atoms with E-state index in [1.54, 1.807) is 18.2 Å². The molecular formula is C15H11ClN4O. The number of rotatable bonds is 4. The van der Waals surface area contributed by atoms with Crippen molar-refractivity contribution in [2.75, 3.05) is 18.4 Å². The van der Waals surface area contributed by atoms with Gasteiger partial charge in [-0.1, -0.05) is 17.5 Å². The Morgan fingerprint density at radius 2 is 2.29 bits per heavy atom. The van der Waals surface area contributed by atoms with Gasteiger partial charge in [-0.25, -0.2) is 0 Å². The lowest BCUT2D eigenvalue weighted by Crippen LogP contribution is -2.30. The molecule has 6 heteroatoms. The van der Waals surface area contributed by atoms with E-state index in [1.165, 1.54) is 6.20 Å². The highest BCUT2D eigenvalue weighted by Gasteiger charge is 2.10. The summed E-state index contributed by atoms with van der Waals surface area (Å²) in [6.45, 7) is 0.163. The van der Waals surface area contributed by atoms with Gasteiger partial charge in [-0.05, 0) is 18.2 Å². The number of hydrogen-bond donors (Lipinski definition) is 2. The molecule has 0 saturated heterocycles. The van der Waals surface area contributed by atoms with E-state index in [9.17, 15) is 4.79 Å². The molecule has 0 spiro atoms. The number of benzene rings is 1. The van der Waals surface area contributed by atoms with Crippen LogP contribution in [0, 0.1) is 23.7 Å². The van der Waals surface area contributed by atoms with E-state index < -0.39 is 0 Å². The van der Waals surface area contributed by atoms with Crippen LogP contribution in [0.25, 0.3) is 10.9 Å². The fourth-order valence-electron chi connectivity index (χ4n) is 1.82. The fourth-order valence-corrected chi connectivity index (χ4v) is 1.99. The maximum Gasteiger partial charge on any atom is 0.240 e. The number of fused-ring (bicyclic) bond motifs is 1. The first kappa shape index (κ1) is 14.6. The Morgan fingerprint density at radius 3 is 3.00 bits per heavy atom. The highest BCUT2D eigenvalue weighted by atomic mass is 35.5. The highest BCUT2D eigenvalue weighted by Crippen LogP contribution is 2.27. The molecule has 104 valence electrons. The van der Waals surface area contributed by atoms with Crippen LogP contribution in [0.2, 0.25) is 5.02 Å².